The smallest absolute Gasteiger partial charge is 0.0973 e. The first kappa shape index (κ1) is 32.8. The van der Waals surface area contributed by atoms with Gasteiger partial charge in [-0.3, -0.25) is 0 Å². The third-order valence-electron chi connectivity index (χ3n) is 12.5. The van der Waals surface area contributed by atoms with Gasteiger partial charge in [-0.05, 0) is 110 Å². The summed E-state index contributed by atoms with van der Waals surface area (Å²) in [5.41, 5.74) is 16.9. The molecule has 272 valence electrons. The molecule has 2 aromatic heterocycles. The van der Waals surface area contributed by atoms with E-state index in [-0.39, 0.29) is 5.41 Å². The molecule has 58 heavy (non-hydrogen) atoms. The number of benzene rings is 9. The third-order valence-corrected chi connectivity index (χ3v) is 12.5. The van der Waals surface area contributed by atoms with Crippen LogP contribution in [0.4, 0.5) is 0 Å². The van der Waals surface area contributed by atoms with Crippen molar-refractivity contribution in [3.8, 4) is 50.5 Å². The van der Waals surface area contributed by atoms with E-state index in [0.29, 0.717) is 0 Å². The van der Waals surface area contributed by atoms with Gasteiger partial charge < -0.3 is 4.57 Å². The van der Waals surface area contributed by atoms with E-state index >= 15 is 0 Å². The summed E-state index contributed by atoms with van der Waals surface area (Å²) in [6, 6.07) is 68.3. The van der Waals surface area contributed by atoms with Crippen molar-refractivity contribution in [2.45, 2.75) is 19.3 Å². The molecule has 0 radical (unpaired) electrons. The van der Waals surface area contributed by atoms with Crippen LogP contribution in [0.5, 0.6) is 0 Å². The van der Waals surface area contributed by atoms with Crippen molar-refractivity contribution < 1.29 is 0 Å². The number of hydrogen-bond acceptors (Lipinski definition) is 2. The van der Waals surface area contributed by atoms with Crippen LogP contribution in [0.15, 0.2) is 188 Å². The lowest BCUT2D eigenvalue weighted by molar-refractivity contribution is 0.660. The first-order valence-electron chi connectivity index (χ1n) is 20.1. The van der Waals surface area contributed by atoms with Crippen molar-refractivity contribution in [2.75, 3.05) is 0 Å². The van der Waals surface area contributed by atoms with Crippen molar-refractivity contribution >= 4 is 54.4 Å². The molecule has 3 nitrogen and oxygen atoms in total. The SMILES string of the molecule is CC1(C)c2ccccc2-c2ccc(-c3cccc4c3c3cc5ccccc5cc3n4-c3ccc(-c4nc5ccccc5nc4-c4ccc5ccccc5c4)cc3)cc21. The Hall–Kier alpha value is -7.36. The van der Waals surface area contributed by atoms with Crippen LogP contribution in [-0.4, -0.2) is 14.5 Å². The fourth-order valence-electron chi connectivity index (χ4n) is 9.65. The molecular formula is C55H37N3. The topological polar surface area (TPSA) is 30.7 Å². The Morgan fingerprint density at radius 2 is 0.983 bits per heavy atom. The van der Waals surface area contributed by atoms with Crippen molar-refractivity contribution in [3.05, 3.63) is 199 Å². The van der Waals surface area contributed by atoms with Crippen molar-refractivity contribution in [2.24, 2.45) is 0 Å². The predicted molar refractivity (Wildman–Crippen MR) is 243 cm³/mol. The summed E-state index contributed by atoms with van der Waals surface area (Å²) in [4.78, 5) is 10.5. The van der Waals surface area contributed by atoms with Crippen LogP contribution in [0.25, 0.3) is 105 Å². The lowest BCUT2D eigenvalue weighted by Gasteiger charge is -2.22. The van der Waals surface area contributed by atoms with Gasteiger partial charge in [0.2, 0.25) is 0 Å². The van der Waals surface area contributed by atoms with Crippen molar-refractivity contribution in [3.63, 3.8) is 0 Å². The third kappa shape index (κ3) is 4.86. The Bertz CT molecular complexity index is 3480. The zero-order valence-corrected chi connectivity index (χ0v) is 32.2. The van der Waals surface area contributed by atoms with Gasteiger partial charge in [-0.1, -0.05) is 147 Å². The van der Waals surface area contributed by atoms with E-state index in [1.165, 1.54) is 76.7 Å². The van der Waals surface area contributed by atoms with Crippen LogP contribution < -0.4 is 0 Å². The molecule has 0 saturated carbocycles. The van der Waals surface area contributed by atoms with Gasteiger partial charge in [-0.15, -0.1) is 0 Å². The summed E-state index contributed by atoms with van der Waals surface area (Å²) in [7, 11) is 0. The average Bonchev–Trinajstić information content (AvgIpc) is 3.72. The number of nitrogens with zero attached hydrogens (tertiary/aromatic N) is 3. The first-order valence-corrected chi connectivity index (χ1v) is 20.1. The second-order valence-electron chi connectivity index (χ2n) is 16.2. The van der Waals surface area contributed by atoms with Gasteiger partial charge in [0, 0.05) is 33.0 Å². The zero-order valence-electron chi connectivity index (χ0n) is 32.2. The summed E-state index contributed by atoms with van der Waals surface area (Å²) in [6.45, 7) is 4.72. The molecule has 2 heterocycles. The van der Waals surface area contributed by atoms with Gasteiger partial charge >= 0.3 is 0 Å². The molecule has 3 heteroatoms. The molecule has 9 aromatic carbocycles. The van der Waals surface area contributed by atoms with Gasteiger partial charge in [0.05, 0.1) is 33.5 Å². The highest BCUT2D eigenvalue weighted by atomic mass is 15.0. The molecule has 11 aromatic rings. The monoisotopic (exact) mass is 739 g/mol. The molecular weight excluding hydrogens is 703 g/mol. The maximum Gasteiger partial charge on any atom is 0.0973 e. The molecule has 0 spiro atoms. The second kappa shape index (κ2) is 12.3. The highest BCUT2D eigenvalue weighted by molar-refractivity contribution is 6.18. The molecule has 0 atom stereocenters. The summed E-state index contributed by atoms with van der Waals surface area (Å²) in [6.07, 6.45) is 0. The van der Waals surface area contributed by atoms with Gasteiger partial charge in [-0.25, -0.2) is 9.97 Å². The van der Waals surface area contributed by atoms with E-state index in [4.69, 9.17) is 9.97 Å². The average molecular weight is 740 g/mol. The Balaban J connectivity index is 1.05. The second-order valence-corrected chi connectivity index (χ2v) is 16.2. The molecule has 0 aliphatic heterocycles. The largest absolute Gasteiger partial charge is 0.309 e. The number of hydrogen-bond donors (Lipinski definition) is 0. The normalized spacial score (nSPS) is 13.1. The summed E-state index contributed by atoms with van der Waals surface area (Å²) >= 11 is 0. The van der Waals surface area contributed by atoms with E-state index in [1.807, 2.05) is 24.3 Å². The fourth-order valence-corrected chi connectivity index (χ4v) is 9.65. The summed E-state index contributed by atoms with van der Waals surface area (Å²) in [5, 5.41) is 7.36. The lowest BCUT2D eigenvalue weighted by atomic mass is 9.81. The molecule has 0 saturated heterocycles. The van der Waals surface area contributed by atoms with E-state index < -0.39 is 0 Å². The molecule has 0 amide bonds. The molecule has 1 aliphatic rings. The Kier molecular flexibility index (Phi) is 6.98. The van der Waals surface area contributed by atoms with Crippen LogP contribution in [-0.2, 0) is 5.41 Å². The molecule has 12 rings (SSSR count). The predicted octanol–water partition coefficient (Wildman–Crippen LogP) is 14.3. The lowest BCUT2D eigenvalue weighted by Crippen LogP contribution is -2.14. The Morgan fingerprint density at radius 1 is 0.397 bits per heavy atom. The van der Waals surface area contributed by atoms with E-state index in [2.05, 4.69) is 182 Å². The van der Waals surface area contributed by atoms with E-state index in [0.717, 1.165) is 39.2 Å². The van der Waals surface area contributed by atoms with Crippen LogP contribution in [0.2, 0.25) is 0 Å². The van der Waals surface area contributed by atoms with Crippen LogP contribution in [0, 0.1) is 0 Å². The standard InChI is InChI=1S/C55H37N3/c1-55(2)46-18-8-7-16-43(46)44-29-26-39(32-47(44)55)42-17-11-21-50-52(42)45-31-37-14-5-6-15-38(37)33-51(45)58(50)41-27-24-35(25-28-41)53-54(57-49-20-10-9-19-48(49)56-53)40-23-22-34-12-3-4-13-36(34)30-40/h3-33H,1-2H3. The van der Waals surface area contributed by atoms with Crippen LogP contribution >= 0.6 is 0 Å². The van der Waals surface area contributed by atoms with Crippen molar-refractivity contribution in [1.82, 2.24) is 14.5 Å². The highest BCUT2D eigenvalue weighted by Gasteiger charge is 2.35. The number of rotatable bonds is 4. The van der Waals surface area contributed by atoms with E-state index in [1.54, 1.807) is 0 Å². The van der Waals surface area contributed by atoms with Gasteiger partial charge in [-0.2, -0.15) is 0 Å². The molecule has 1 aliphatic carbocycles. The van der Waals surface area contributed by atoms with Crippen LogP contribution in [0.1, 0.15) is 25.0 Å². The van der Waals surface area contributed by atoms with Gasteiger partial charge in [0.25, 0.3) is 0 Å². The minimum Gasteiger partial charge on any atom is -0.309 e. The maximum atomic E-state index is 5.25. The number of para-hydroxylation sites is 2. The first-order chi connectivity index (χ1) is 28.5. The van der Waals surface area contributed by atoms with E-state index in [9.17, 15) is 0 Å². The molecule has 0 unspecified atom stereocenters. The minimum atomic E-state index is -0.0780. The molecule has 0 fully saturated rings. The Labute approximate surface area is 336 Å². The van der Waals surface area contributed by atoms with Crippen LogP contribution in [0.3, 0.4) is 0 Å². The zero-order chi connectivity index (χ0) is 38.5. The van der Waals surface area contributed by atoms with Crippen molar-refractivity contribution in [1.29, 1.82) is 0 Å². The fraction of sp³-hybridized carbons (Fsp3) is 0.0545. The summed E-state index contributed by atoms with van der Waals surface area (Å²) < 4.78 is 2.44. The highest BCUT2D eigenvalue weighted by Crippen LogP contribution is 2.50. The number of fused-ring (bicyclic) bond motifs is 9. The quantitative estimate of drug-likeness (QED) is 0.180. The molecule has 0 N–H and O–H groups in total. The maximum absolute atomic E-state index is 5.25. The number of aromatic nitrogens is 3. The van der Waals surface area contributed by atoms with Gasteiger partial charge in [0.1, 0.15) is 0 Å². The minimum absolute atomic E-state index is 0.0780. The summed E-state index contributed by atoms with van der Waals surface area (Å²) in [5.74, 6) is 0. The Morgan fingerprint density at radius 3 is 1.76 bits per heavy atom. The molecule has 0 bridgehead atoms. The van der Waals surface area contributed by atoms with Gasteiger partial charge in [0.15, 0.2) is 0 Å².